The van der Waals surface area contributed by atoms with Gasteiger partial charge in [-0.3, -0.25) is 5.32 Å². The van der Waals surface area contributed by atoms with Crippen LogP contribution in [0.2, 0.25) is 0 Å². The molecule has 3 N–H and O–H groups in total. The first kappa shape index (κ1) is 18.4. The number of rotatable bonds is 5. The predicted molar refractivity (Wildman–Crippen MR) is 106 cm³/mol. The summed E-state index contributed by atoms with van der Waals surface area (Å²) in [6, 6.07) is 13.6. The largest absolute Gasteiger partial charge is 0.447 e. The molecular formula is C20H24N6O2. The van der Waals surface area contributed by atoms with E-state index < -0.39 is 11.6 Å². The van der Waals surface area contributed by atoms with Gasteiger partial charge >= 0.3 is 6.09 Å². The first-order chi connectivity index (χ1) is 13.7. The standard InChI is InChI=1S/C20H24N6O2/c21-20(11-4-1-5-12-20)18-23-24-25-26(18)13-14-28-19(27)22-17-10-6-8-15-7-2-3-9-16(15)17/h2-3,6-10H,1,4-5,11-14,21H2,(H,22,27). The number of nitrogens with two attached hydrogens (primary N) is 1. The molecule has 0 atom stereocenters. The lowest BCUT2D eigenvalue weighted by molar-refractivity contribution is 0.153. The average Bonchev–Trinajstić information content (AvgIpc) is 3.18. The van der Waals surface area contributed by atoms with Crippen LogP contribution in [0.1, 0.15) is 37.9 Å². The fourth-order valence-corrected chi connectivity index (χ4v) is 3.82. The van der Waals surface area contributed by atoms with Crippen LogP contribution in [0.15, 0.2) is 42.5 Å². The molecule has 0 saturated heterocycles. The minimum atomic E-state index is -0.508. The number of tetrazole rings is 1. The number of aromatic nitrogens is 4. The minimum absolute atomic E-state index is 0.157. The third-order valence-corrected chi connectivity index (χ3v) is 5.29. The summed E-state index contributed by atoms with van der Waals surface area (Å²) in [6.07, 6.45) is 4.58. The second-order valence-corrected chi connectivity index (χ2v) is 7.23. The Morgan fingerprint density at radius 2 is 1.93 bits per heavy atom. The Kier molecular flexibility index (Phi) is 5.21. The second kappa shape index (κ2) is 7.93. The summed E-state index contributed by atoms with van der Waals surface area (Å²) in [5, 5.41) is 16.7. The predicted octanol–water partition coefficient (Wildman–Crippen LogP) is 3.19. The number of nitrogens with zero attached hydrogens (tertiary/aromatic N) is 4. The van der Waals surface area contributed by atoms with Crippen molar-refractivity contribution < 1.29 is 9.53 Å². The number of ether oxygens (including phenoxy) is 1. The number of carbonyl (C=O) groups excluding carboxylic acids is 1. The number of carbonyl (C=O) groups is 1. The highest BCUT2D eigenvalue weighted by Gasteiger charge is 2.34. The first-order valence-corrected chi connectivity index (χ1v) is 9.63. The highest BCUT2D eigenvalue weighted by atomic mass is 16.5. The molecule has 8 heteroatoms. The lowest BCUT2D eigenvalue weighted by Gasteiger charge is -2.31. The van der Waals surface area contributed by atoms with Crippen molar-refractivity contribution in [3.8, 4) is 0 Å². The summed E-state index contributed by atoms with van der Waals surface area (Å²) in [5.41, 5.74) is 6.75. The Hall–Kier alpha value is -3.00. The number of benzene rings is 2. The lowest BCUT2D eigenvalue weighted by atomic mass is 9.82. The van der Waals surface area contributed by atoms with Gasteiger partial charge in [0.05, 0.1) is 17.8 Å². The molecule has 0 aliphatic heterocycles. The maximum atomic E-state index is 12.2. The summed E-state index contributed by atoms with van der Waals surface area (Å²) < 4.78 is 6.99. The lowest BCUT2D eigenvalue weighted by Crippen LogP contribution is -2.41. The van der Waals surface area contributed by atoms with Crippen molar-refractivity contribution in [3.63, 3.8) is 0 Å². The summed E-state index contributed by atoms with van der Waals surface area (Å²) in [4.78, 5) is 12.2. The Labute approximate surface area is 163 Å². The van der Waals surface area contributed by atoms with E-state index in [1.165, 1.54) is 6.42 Å². The molecule has 1 heterocycles. The van der Waals surface area contributed by atoms with E-state index in [1.54, 1.807) is 4.68 Å². The van der Waals surface area contributed by atoms with E-state index in [0.717, 1.165) is 36.5 Å². The van der Waals surface area contributed by atoms with Crippen LogP contribution < -0.4 is 11.1 Å². The number of nitrogens with one attached hydrogen (secondary N) is 1. The summed E-state index contributed by atoms with van der Waals surface area (Å²) in [5.74, 6) is 0.672. The van der Waals surface area contributed by atoms with E-state index in [4.69, 9.17) is 10.5 Å². The number of amides is 1. The Bertz CT molecular complexity index is 959. The molecule has 1 aliphatic rings. The van der Waals surface area contributed by atoms with Gasteiger partial charge < -0.3 is 10.5 Å². The molecule has 146 valence electrons. The van der Waals surface area contributed by atoms with Gasteiger partial charge in [0, 0.05) is 5.39 Å². The van der Waals surface area contributed by atoms with Crippen LogP contribution in [0.4, 0.5) is 10.5 Å². The van der Waals surface area contributed by atoms with Crippen LogP contribution in [0.3, 0.4) is 0 Å². The Morgan fingerprint density at radius 3 is 2.79 bits per heavy atom. The molecule has 8 nitrogen and oxygen atoms in total. The molecule has 0 spiro atoms. The number of fused-ring (bicyclic) bond motifs is 1. The molecule has 4 rings (SSSR count). The monoisotopic (exact) mass is 380 g/mol. The van der Waals surface area contributed by atoms with Crippen LogP contribution >= 0.6 is 0 Å². The SMILES string of the molecule is NC1(c2nnnn2CCOC(=O)Nc2cccc3ccccc23)CCCCC1. The Morgan fingerprint density at radius 1 is 1.14 bits per heavy atom. The van der Waals surface area contributed by atoms with Gasteiger partial charge in [-0.25, -0.2) is 9.48 Å². The van der Waals surface area contributed by atoms with Gasteiger partial charge in [-0.2, -0.15) is 0 Å². The zero-order chi connectivity index (χ0) is 19.4. The molecule has 0 unspecified atom stereocenters. The maximum Gasteiger partial charge on any atom is 0.411 e. The molecule has 2 aromatic carbocycles. The van der Waals surface area contributed by atoms with E-state index >= 15 is 0 Å². The maximum absolute atomic E-state index is 12.2. The van der Waals surface area contributed by atoms with Gasteiger partial charge in [0.15, 0.2) is 5.82 Å². The third-order valence-electron chi connectivity index (χ3n) is 5.29. The molecule has 1 saturated carbocycles. The van der Waals surface area contributed by atoms with E-state index in [2.05, 4.69) is 20.8 Å². The minimum Gasteiger partial charge on any atom is -0.447 e. The summed E-state index contributed by atoms with van der Waals surface area (Å²) in [6.45, 7) is 0.523. The number of hydrogen-bond acceptors (Lipinski definition) is 6. The Balaban J connectivity index is 1.36. The van der Waals surface area contributed by atoms with Crippen LogP contribution in [0.5, 0.6) is 0 Å². The quantitative estimate of drug-likeness (QED) is 0.704. The normalized spacial score (nSPS) is 16.0. The van der Waals surface area contributed by atoms with Crippen molar-refractivity contribution in [2.45, 2.75) is 44.2 Å². The van der Waals surface area contributed by atoms with Crippen molar-refractivity contribution in [2.24, 2.45) is 5.73 Å². The van der Waals surface area contributed by atoms with E-state index in [9.17, 15) is 4.79 Å². The molecule has 28 heavy (non-hydrogen) atoms. The second-order valence-electron chi connectivity index (χ2n) is 7.23. The van der Waals surface area contributed by atoms with Crippen molar-refractivity contribution in [1.82, 2.24) is 20.2 Å². The van der Waals surface area contributed by atoms with Crippen molar-refractivity contribution in [2.75, 3.05) is 11.9 Å². The van der Waals surface area contributed by atoms with Gasteiger partial charge in [-0.05, 0) is 34.7 Å². The van der Waals surface area contributed by atoms with Crippen LogP contribution in [-0.2, 0) is 16.8 Å². The third kappa shape index (κ3) is 3.82. The zero-order valence-corrected chi connectivity index (χ0v) is 15.7. The molecule has 0 radical (unpaired) electrons. The van der Waals surface area contributed by atoms with Gasteiger partial charge in [-0.15, -0.1) is 5.10 Å². The molecular weight excluding hydrogens is 356 g/mol. The molecule has 0 bridgehead atoms. The topological polar surface area (TPSA) is 108 Å². The van der Waals surface area contributed by atoms with Crippen LogP contribution in [-0.4, -0.2) is 32.9 Å². The van der Waals surface area contributed by atoms with E-state index in [-0.39, 0.29) is 6.61 Å². The fourth-order valence-electron chi connectivity index (χ4n) is 3.82. The van der Waals surface area contributed by atoms with Crippen molar-refractivity contribution in [1.29, 1.82) is 0 Å². The average molecular weight is 380 g/mol. The fraction of sp³-hybridized carbons (Fsp3) is 0.400. The number of anilines is 1. The molecule has 1 fully saturated rings. The molecule has 1 aliphatic carbocycles. The van der Waals surface area contributed by atoms with Crippen LogP contribution in [0.25, 0.3) is 10.8 Å². The summed E-state index contributed by atoms with van der Waals surface area (Å²) in [7, 11) is 0. The molecule has 1 aromatic heterocycles. The highest BCUT2D eigenvalue weighted by molar-refractivity contribution is 6.00. The summed E-state index contributed by atoms with van der Waals surface area (Å²) >= 11 is 0. The van der Waals surface area contributed by atoms with E-state index in [1.807, 2.05) is 42.5 Å². The molecule has 1 amide bonds. The van der Waals surface area contributed by atoms with Gasteiger partial charge in [0.25, 0.3) is 0 Å². The van der Waals surface area contributed by atoms with Gasteiger partial charge in [0.1, 0.15) is 6.61 Å². The molecule has 3 aromatic rings. The van der Waals surface area contributed by atoms with Crippen molar-refractivity contribution in [3.05, 3.63) is 48.3 Å². The highest BCUT2D eigenvalue weighted by Crippen LogP contribution is 2.33. The van der Waals surface area contributed by atoms with Crippen LogP contribution in [0, 0.1) is 0 Å². The zero-order valence-electron chi connectivity index (χ0n) is 15.7. The first-order valence-electron chi connectivity index (χ1n) is 9.63. The number of hydrogen-bond donors (Lipinski definition) is 2. The van der Waals surface area contributed by atoms with Gasteiger partial charge in [0.2, 0.25) is 0 Å². The van der Waals surface area contributed by atoms with Gasteiger partial charge in [-0.1, -0.05) is 55.7 Å². The van der Waals surface area contributed by atoms with E-state index in [0.29, 0.717) is 18.1 Å². The van der Waals surface area contributed by atoms with Crippen molar-refractivity contribution >= 4 is 22.6 Å². The smallest absolute Gasteiger partial charge is 0.411 e.